The topological polar surface area (TPSA) is 73.9 Å². The molecule has 2 aromatic rings. The standard InChI is InChI=1S/C22H23NO5/c1-3-13-27-19-10-7-17(8-11-19)9-12-22(25)28-16-21(24)23-15-18-5-4-6-20(14-18)26-2/h3-12,14H,1,13,15-16H2,2H3,(H,23,24)/b12-9+. The summed E-state index contributed by atoms with van der Waals surface area (Å²) in [5.41, 5.74) is 1.70. The third-order valence-electron chi connectivity index (χ3n) is 3.63. The molecule has 0 heterocycles. The summed E-state index contributed by atoms with van der Waals surface area (Å²) in [6, 6.07) is 14.5. The number of benzene rings is 2. The van der Waals surface area contributed by atoms with Crippen LogP contribution in [0.4, 0.5) is 0 Å². The van der Waals surface area contributed by atoms with Crippen molar-refractivity contribution in [1.82, 2.24) is 5.32 Å². The van der Waals surface area contributed by atoms with Crippen molar-refractivity contribution in [2.75, 3.05) is 20.3 Å². The first-order chi connectivity index (χ1) is 13.6. The van der Waals surface area contributed by atoms with Gasteiger partial charge in [-0.15, -0.1) is 0 Å². The maximum Gasteiger partial charge on any atom is 0.331 e. The van der Waals surface area contributed by atoms with Gasteiger partial charge in [0.1, 0.15) is 18.1 Å². The summed E-state index contributed by atoms with van der Waals surface area (Å²) in [5.74, 6) is 0.452. The fourth-order valence-corrected chi connectivity index (χ4v) is 2.21. The average Bonchev–Trinajstić information content (AvgIpc) is 2.74. The summed E-state index contributed by atoms with van der Waals surface area (Å²) in [6.45, 7) is 3.99. The Balaban J connectivity index is 1.72. The maximum absolute atomic E-state index is 11.8. The van der Waals surface area contributed by atoms with Crippen molar-refractivity contribution in [1.29, 1.82) is 0 Å². The summed E-state index contributed by atoms with van der Waals surface area (Å²) in [5, 5.41) is 2.69. The zero-order chi connectivity index (χ0) is 20.2. The number of hydrogen-bond donors (Lipinski definition) is 1. The van der Waals surface area contributed by atoms with Crippen molar-refractivity contribution in [3.63, 3.8) is 0 Å². The number of ether oxygens (including phenoxy) is 3. The highest BCUT2D eigenvalue weighted by Gasteiger charge is 2.05. The Morgan fingerprint density at radius 2 is 1.89 bits per heavy atom. The number of amides is 1. The second-order valence-electron chi connectivity index (χ2n) is 5.74. The van der Waals surface area contributed by atoms with Gasteiger partial charge in [-0.25, -0.2) is 4.79 Å². The van der Waals surface area contributed by atoms with Crippen molar-refractivity contribution in [3.8, 4) is 11.5 Å². The van der Waals surface area contributed by atoms with Crippen molar-refractivity contribution >= 4 is 18.0 Å². The zero-order valence-corrected chi connectivity index (χ0v) is 15.7. The molecule has 2 rings (SSSR count). The number of hydrogen-bond acceptors (Lipinski definition) is 5. The van der Waals surface area contributed by atoms with Crippen molar-refractivity contribution in [2.45, 2.75) is 6.54 Å². The largest absolute Gasteiger partial charge is 0.497 e. The van der Waals surface area contributed by atoms with E-state index >= 15 is 0 Å². The Morgan fingerprint density at radius 3 is 2.61 bits per heavy atom. The molecular formula is C22H23NO5. The molecule has 0 radical (unpaired) electrons. The van der Waals surface area contributed by atoms with Crippen LogP contribution in [0.2, 0.25) is 0 Å². The third-order valence-corrected chi connectivity index (χ3v) is 3.63. The van der Waals surface area contributed by atoms with Crippen LogP contribution < -0.4 is 14.8 Å². The molecule has 28 heavy (non-hydrogen) atoms. The van der Waals surface area contributed by atoms with Gasteiger partial charge in [0.2, 0.25) is 0 Å². The molecule has 0 saturated carbocycles. The second-order valence-corrected chi connectivity index (χ2v) is 5.74. The number of rotatable bonds is 10. The van der Waals surface area contributed by atoms with E-state index in [4.69, 9.17) is 14.2 Å². The number of methoxy groups -OCH3 is 1. The highest BCUT2D eigenvalue weighted by atomic mass is 16.5. The maximum atomic E-state index is 11.8. The highest BCUT2D eigenvalue weighted by molar-refractivity contribution is 5.89. The Labute approximate surface area is 164 Å². The lowest BCUT2D eigenvalue weighted by Crippen LogP contribution is -2.28. The summed E-state index contributed by atoms with van der Waals surface area (Å²) in [4.78, 5) is 23.6. The number of esters is 1. The van der Waals surface area contributed by atoms with Crippen LogP contribution >= 0.6 is 0 Å². The van der Waals surface area contributed by atoms with Gasteiger partial charge < -0.3 is 19.5 Å². The molecule has 0 bridgehead atoms. The van der Waals surface area contributed by atoms with Gasteiger partial charge in [0.05, 0.1) is 7.11 Å². The molecule has 0 spiro atoms. The minimum absolute atomic E-state index is 0.323. The first-order valence-electron chi connectivity index (χ1n) is 8.69. The van der Waals surface area contributed by atoms with Crippen LogP contribution in [0.3, 0.4) is 0 Å². The molecule has 0 fully saturated rings. The van der Waals surface area contributed by atoms with E-state index in [0.717, 1.165) is 11.1 Å². The Kier molecular flexibility index (Phi) is 8.33. The molecule has 1 amide bonds. The SMILES string of the molecule is C=CCOc1ccc(/C=C/C(=O)OCC(=O)NCc2cccc(OC)c2)cc1. The highest BCUT2D eigenvalue weighted by Crippen LogP contribution is 2.13. The lowest BCUT2D eigenvalue weighted by molar-refractivity contribution is -0.143. The predicted octanol–water partition coefficient (Wildman–Crippen LogP) is 3.13. The molecule has 6 nitrogen and oxygen atoms in total. The van der Waals surface area contributed by atoms with Gasteiger partial charge in [0, 0.05) is 12.6 Å². The van der Waals surface area contributed by atoms with Crippen LogP contribution in [0.5, 0.6) is 11.5 Å². The van der Waals surface area contributed by atoms with Gasteiger partial charge in [0.25, 0.3) is 5.91 Å². The van der Waals surface area contributed by atoms with Crippen molar-refractivity contribution in [3.05, 3.63) is 78.4 Å². The van der Waals surface area contributed by atoms with Crippen molar-refractivity contribution in [2.24, 2.45) is 0 Å². The Hall–Kier alpha value is -3.54. The van der Waals surface area contributed by atoms with Gasteiger partial charge in [0.15, 0.2) is 6.61 Å². The molecule has 0 aliphatic heterocycles. The van der Waals surface area contributed by atoms with E-state index < -0.39 is 5.97 Å². The smallest absolute Gasteiger partial charge is 0.331 e. The summed E-state index contributed by atoms with van der Waals surface area (Å²) in [7, 11) is 1.58. The summed E-state index contributed by atoms with van der Waals surface area (Å²) in [6.07, 6.45) is 4.54. The first-order valence-corrected chi connectivity index (χ1v) is 8.69. The third kappa shape index (κ3) is 7.37. The van der Waals surface area contributed by atoms with Gasteiger partial charge in [-0.05, 0) is 41.5 Å². The molecule has 0 atom stereocenters. The lowest BCUT2D eigenvalue weighted by Gasteiger charge is -2.07. The second kappa shape index (κ2) is 11.2. The van der Waals surface area contributed by atoms with Crippen LogP contribution in [-0.2, 0) is 20.9 Å². The molecule has 0 saturated heterocycles. The molecule has 6 heteroatoms. The van der Waals surface area contributed by atoms with Crippen LogP contribution in [0.15, 0.2) is 67.3 Å². The molecule has 1 N–H and O–H groups in total. The van der Waals surface area contributed by atoms with Crippen LogP contribution in [0, 0.1) is 0 Å². The molecule has 2 aromatic carbocycles. The van der Waals surface area contributed by atoms with Gasteiger partial charge >= 0.3 is 5.97 Å². The molecule has 0 aliphatic rings. The van der Waals surface area contributed by atoms with E-state index in [0.29, 0.717) is 24.7 Å². The number of nitrogens with one attached hydrogen (secondary N) is 1. The van der Waals surface area contributed by atoms with Crippen LogP contribution in [0.1, 0.15) is 11.1 Å². The van der Waals surface area contributed by atoms with E-state index in [9.17, 15) is 9.59 Å². The normalized spacial score (nSPS) is 10.3. The van der Waals surface area contributed by atoms with E-state index in [1.807, 2.05) is 36.4 Å². The zero-order valence-electron chi connectivity index (χ0n) is 15.7. The molecular weight excluding hydrogens is 358 g/mol. The lowest BCUT2D eigenvalue weighted by atomic mass is 10.2. The van der Waals surface area contributed by atoms with E-state index in [-0.39, 0.29) is 12.5 Å². The Bertz CT molecular complexity index is 827. The number of carbonyl (C=O) groups excluding carboxylic acids is 2. The minimum Gasteiger partial charge on any atom is -0.497 e. The van der Waals surface area contributed by atoms with Gasteiger partial charge in [-0.2, -0.15) is 0 Å². The Morgan fingerprint density at radius 1 is 1.11 bits per heavy atom. The van der Waals surface area contributed by atoms with Gasteiger partial charge in [-0.1, -0.05) is 36.9 Å². The fourth-order valence-electron chi connectivity index (χ4n) is 2.21. The van der Waals surface area contributed by atoms with Crippen LogP contribution in [0.25, 0.3) is 6.08 Å². The average molecular weight is 381 g/mol. The van der Waals surface area contributed by atoms with E-state index in [2.05, 4.69) is 11.9 Å². The molecule has 0 aliphatic carbocycles. The van der Waals surface area contributed by atoms with Crippen molar-refractivity contribution < 1.29 is 23.8 Å². The first kappa shape index (κ1) is 20.8. The predicted molar refractivity (Wildman–Crippen MR) is 107 cm³/mol. The quantitative estimate of drug-likeness (QED) is 0.389. The molecule has 0 aromatic heterocycles. The molecule has 0 unspecified atom stereocenters. The number of carbonyl (C=O) groups is 2. The minimum atomic E-state index is -0.594. The summed E-state index contributed by atoms with van der Waals surface area (Å²) < 4.78 is 15.4. The van der Waals surface area contributed by atoms with E-state index in [1.165, 1.54) is 6.08 Å². The monoisotopic (exact) mass is 381 g/mol. The van der Waals surface area contributed by atoms with Gasteiger partial charge in [-0.3, -0.25) is 4.79 Å². The van der Waals surface area contributed by atoms with E-state index in [1.54, 1.807) is 31.4 Å². The van der Waals surface area contributed by atoms with Crippen LogP contribution in [-0.4, -0.2) is 32.2 Å². The molecule has 146 valence electrons. The summed E-state index contributed by atoms with van der Waals surface area (Å²) >= 11 is 0. The fraction of sp³-hybridized carbons (Fsp3) is 0.182.